The van der Waals surface area contributed by atoms with Crippen molar-refractivity contribution in [1.82, 2.24) is 0 Å². The van der Waals surface area contributed by atoms with Gasteiger partial charge in [0.15, 0.2) is 6.10 Å². The first-order chi connectivity index (χ1) is 16.1. The van der Waals surface area contributed by atoms with E-state index in [1.807, 2.05) is 0 Å². The lowest BCUT2D eigenvalue weighted by Gasteiger charge is -2.43. The van der Waals surface area contributed by atoms with E-state index in [2.05, 4.69) is 9.05 Å². The van der Waals surface area contributed by atoms with Crippen molar-refractivity contribution in [3.8, 4) is 0 Å². The molecular formula is C17H32O16P2. The third-order valence-electron chi connectivity index (χ3n) is 4.62. The van der Waals surface area contributed by atoms with Crippen LogP contribution in [0.15, 0.2) is 0 Å². The van der Waals surface area contributed by atoms with Crippen LogP contribution in [0.5, 0.6) is 0 Å². The Labute approximate surface area is 200 Å². The minimum Gasteiger partial charge on any atom is -0.462 e. The lowest BCUT2D eigenvalue weighted by Crippen LogP contribution is -2.64. The highest BCUT2D eigenvalue weighted by Gasteiger charge is 2.54. The molecular weight excluding hydrogens is 522 g/mol. The van der Waals surface area contributed by atoms with E-state index in [9.17, 15) is 44.0 Å². The number of phosphoric acid groups is 2. The van der Waals surface area contributed by atoms with Crippen molar-refractivity contribution in [3.63, 3.8) is 0 Å². The number of phosphoric ester groups is 2. The van der Waals surface area contributed by atoms with E-state index in [4.69, 9.17) is 23.8 Å². The van der Waals surface area contributed by atoms with Gasteiger partial charge in [-0.1, -0.05) is 13.8 Å². The molecule has 0 spiro atoms. The van der Waals surface area contributed by atoms with E-state index in [0.717, 1.165) is 0 Å². The van der Waals surface area contributed by atoms with E-state index in [1.54, 1.807) is 13.8 Å². The lowest BCUT2D eigenvalue weighted by molar-refractivity contribution is -0.216. The highest BCUT2D eigenvalue weighted by atomic mass is 31.2. The van der Waals surface area contributed by atoms with Crippen molar-refractivity contribution in [3.05, 3.63) is 0 Å². The van der Waals surface area contributed by atoms with Gasteiger partial charge in [-0.2, -0.15) is 0 Å². The fourth-order valence-corrected chi connectivity index (χ4v) is 4.52. The first kappa shape index (κ1) is 32.0. The molecule has 0 bridgehead atoms. The minimum atomic E-state index is -5.32. The molecule has 8 atom stereocenters. The Bertz CT molecular complexity index is 786. The summed E-state index contributed by atoms with van der Waals surface area (Å²) in [7, 11) is -10.5. The summed E-state index contributed by atoms with van der Waals surface area (Å²) in [5, 5.41) is 40.0. The molecule has 18 heteroatoms. The van der Waals surface area contributed by atoms with Crippen LogP contribution in [-0.2, 0) is 41.8 Å². The SMILES string of the molecule is CCCC(=O)OC[C@H](COP(=O)(O)O[C@H]1[C@H](O)[C@@H](OP(=O)(O)O)[C@H](O)[C@@H](O)[C@H]1O)OC(=O)CCC. The summed E-state index contributed by atoms with van der Waals surface area (Å²) in [6, 6.07) is 0. The van der Waals surface area contributed by atoms with Crippen molar-refractivity contribution in [2.24, 2.45) is 0 Å². The van der Waals surface area contributed by atoms with Crippen LogP contribution in [0.25, 0.3) is 0 Å². The van der Waals surface area contributed by atoms with Gasteiger partial charge in [0.1, 0.15) is 43.2 Å². The predicted molar refractivity (Wildman–Crippen MR) is 112 cm³/mol. The number of aliphatic hydroxyl groups is 4. The van der Waals surface area contributed by atoms with Gasteiger partial charge in [-0.05, 0) is 12.8 Å². The average molecular weight is 554 g/mol. The zero-order chi connectivity index (χ0) is 27.0. The number of carbonyl (C=O) groups is 2. The summed E-state index contributed by atoms with van der Waals surface area (Å²) in [4.78, 5) is 51.3. The lowest BCUT2D eigenvalue weighted by atomic mass is 9.85. The largest absolute Gasteiger partial charge is 0.472 e. The Kier molecular flexibility index (Phi) is 12.9. The van der Waals surface area contributed by atoms with Crippen LogP contribution in [0, 0.1) is 0 Å². The number of hydrogen-bond acceptors (Lipinski definition) is 13. The maximum absolute atomic E-state index is 12.4. The van der Waals surface area contributed by atoms with Crippen molar-refractivity contribution < 1.29 is 76.9 Å². The Hall–Kier alpha value is -1.00. The average Bonchev–Trinajstić information content (AvgIpc) is 2.74. The molecule has 206 valence electrons. The zero-order valence-corrected chi connectivity index (χ0v) is 20.8. The number of aliphatic hydroxyl groups excluding tert-OH is 4. The van der Waals surface area contributed by atoms with Gasteiger partial charge in [-0.15, -0.1) is 0 Å². The summed E-state index contributed by atoms with van der Waals surface area (Å²) in [6.45, 7) is 2.06. The van der Waals surface area contributed by atoms with Gasteiger partial charge < -0.3 is 44.6 Å². The first-order valence-electron chi connectivity index (χ1n) is 10.6. The zero-order valence-electron chi connectivity index (χ0n) is 19.0. The molecule has 0 amide bonds. The standard InChI is InChI=1S/C17H32O16P2/c1-3-5-10(18)29-7-9(31-11(19)6-4-2)8-30-35(27,28)33-17-14(22)12(20)13(21)16(15(17)23)32-34(24,25)26/h9,12-17,20-23H,3-8H2,1-2H3,(H,27,28)(H2,24,25,26)/t9-,12-,13-,14-,15-,16+,17-/m1/s1. The smallest absolute Gasteiger partial charge is 0.462 e. The van der Waals surface area contributed by atoms with Gasteiger partial charge >= 0.3 is 27.6 Å². The fourth-order valence-electron chi connectivity index (χ4n) is 2.98. The summed E-state index contributed by atoms with van der Waals surface area (Å²) >= 11 is 0. The Balaban J connectivity index is 2.90. The Morgan fingerprint density at radius 2 is 1.29 bits per heavy atom. The van der Waals surface area contributed by atoms with Crippen molar-refractivity contribution in [1.29, 1.82) is 0 Å². The number of carbonyl (C=O) groups excluding carboxylic acids is 2. The van der Waals surface area contributed by atoms with E-state index < -0.39 is 83.5 Å². The topological polar surface area (TPSA) is 256 Å². The van der Waals surface area contributed by atoms with Crippen LogP contribution >= 0.6 is 15.6 Å². The predicted octanol–water partition coefficient (Wildman–Crippen LogP) is -1.52. The maximum atomic E-state index is 12.4. The van der Waals surface area contributed by atoms with Crippen LogP contribution in [0.1, 0.15) is 39.5 Å². The molecule has 0 aromatic heterocycles. The molecule has 35 heavy (non-hydrogen) atoms. The molecule has 1 aliphatic carbocycles. The molecule has 0 saturated heterocycles. The molecule has 1 aliphatic rings. The molecule has 0 heterocycles. The second-order valence-corrected chi connectivity index (χ2v) is 10.3. The highest BCUT2D eigenvalue weighted by Crippen LogP contribution is 2.48. The highest BCUT2D eigenvalue weighted by molar-refractivity contribution is 7.47. The van der Waals surface area contributed by atoms with Crippen LogP contribution in [0.3, 0.4) is 0 Å². The van der Waals surface area contributed by atoms with Gasteiger partial charge in [0.05, 0.1) is 6.61 Å². The summed E-state index contributed by atoms with van der Waals surface area (Å²) in [5.74, 6) is -1.33. The third-order valence-corrected chi connectivity index (χ3v) is 6.12. The van der Waals surface area contributed by atoms with E-state index in [1.165, 1.54) is 0 Å². The number of esters is 2. The van der Waals surface area contributed by atoms with Crippen molar-refractivity contribution in [2.45, 2.75) is 82.3 Å². The Morgan fingerprint density at radius 1 is 0.771 bits per heavy atom. The summed E-state index contributed by atoms with van der Waals surface area (Å²) < 4.78 is 47.1. The fraction of sp³-hybridized carbons (Fsp3) is 0.882. The summed E-state index contributed by atoms with van der Waals surface area (Å²) in [5.41, 5.74) is 0. The number of hydrogen-bond donors (Lipinski definition) is 7. The molecule has 7 N–H and O–H groups in total. The van der Waals surface area contributed by atoms with Crippen molar-refractivity contribution >= 4 is 27.6 Å². The van der Waals surface area contributed by atoms with Gasteiger partial charge in [0.25, 0.3) is 0 Å². The molecule has 0 aromatic carbocycles. The second-order valence-electron chi connectivity index (χ2n) is 7.65. The van der Waals surface area contributed by atoms with Crippen molar-refractivity contribution in [2.75, 3.05) is 13.2 Å². The van der Waals surface area contributed by atoms with E-state index >= 15 is 0 Å². The Morgan fingerprint density at radius 3 is 1.80 bits per heavy atom. The minimum absolute atomic E-state index is 0.00563. The first-order valence-corrected chi connectivity index (χ1v) is 13.6. The molecule has 1 saturated carbocycles. The molecule has 0 radical (unpaired) electrons. The van der Waals surface area contributed by atoms with E-state index in [0.29, 0.717) is 12.8 Å². The number of rotatable bonds is 14. The molecule has 0 aliphatic heterocycles. The van der Waals surface area contributed by atoms with Gasteiger partial charge in [0.2, 0.25) is 0 Å². The molecule has 1 fully saturated rings. The van der Waals surface area contributed by atoms with Crippen LogP contribution in [-0.4, -0.2) is 103 Å². The molecule has 1 rings (SSSR count). The van der Waals surface area contributed by atoms with Crippen LogP contribution < -0.4 is 0 Å². The molecule has 16 nitrogen and oxygen atoms in total. The molecule has 0 aromatic rings. The monoisotopic (exact) mass is 554 g/mol. The van der Waals surface area contributed by atoms with Crippen LogP contribution in [0.2, 0.25) is 0 Å². The molecule has 1 unspecified atom stereocenters. The normalized spacial score (nSPS) is 29.7. The number of ether oxygens (including phenoxy) is 2. The van der Waals surface area contributed by atoms with E-state index in [-0.39, 0.29) is 12.8 Å². The van der Waals surface area contributed by atoms with Crippen LogP contribution in [0.4, 0.5) is 0 Å². The third kappa shape index (κ3) is 10.9. The van der Waals surface area contributed by atoms with Gasteiger partial charge in [0, 0.05) is 12.8 Å². The second kappa shape index (κ2) is 14.1. The van der Waals surface area contributed by atoms with Gasteiger partial charge in [-0.3, -0.25) is 23.2 Å². The quantitative estimate of drug-likeness (QED) is 0.0950. The summed E-state index contributed by atoms with van der Waals surface area (Å²) in [6.07, 6.45) is -13.7. The maximum Gasteiger partial charge on any atom is 0.472 e. The van der Waals surface area contributed by atoms with Gasteiger partial charge in [-0.25, -0.2) is 9.13 Å².